The number of hydrogen-bond acceptors (Lipinski definition) is 6. The van der Waals surface area contributed by atoms with Crippen molar-refractivity contribution >= 4 is 32.3 Å². The zero-order valence-corrected chi connectivity index (χ0v) is 15.6. The quantitative estimate of drug-likeness (QED) is 0.581. The molecule has 4 aromatic heterocycles. The van der Waals surface area contributed by atoms with Crippen LogP contribution in [0.1, 0.15) is 30.1 Å². The molecule has 7 heteroatoms. The third kappa shape index (κ3) is 2.51. The molecule has 4 aromatic rings. The summed E-state index contributed by atoms with van der Waals surface area (Å²) in [5.41, 5.74) is 9.93. The Kier molecular flexibility index (Phi) is 4.05. The molecule has 0 saturated heterocycles. The Bertz CT molecular complexity index is 1180. The number of nitrogens with one attached hydrogen (secondary N) is 1. The SMILES string of the molecule is Cc1nc(C)c2[nH]c(=O)c3sccc3c2c1-c1cnc(C(C)CN)nc1. The summed E-state index contributed by atoms with van der Waals surface area (Å²) < 4.78 is 0.720. The van der Waals surface area contributed by atoms with Crippen LogP contribution >= 0.6 is 11.3 Å². The highest BCUT2D eigenvalue weighted by atomic mass is 32.1. The second kappa shape index (κ2) is 6.26. The topological polar surface area (TPSA) is 97.5 Å². The smallest absolute Gasteiger partial charge is 0.266 e. The van der Waals surface area contributed by atoms with Gasteiger partial charge < -0.3 is 10.7 Å². The van der Waals surface area contributed by atoms with Crippen molar-refractivity contribution in [1.29, 1.82) is 0 Å². The van der Waals surface area contributed by atoms with E-state index in [0.29, 0.717) is 6.54 Å². The van der Waals surface area contributed by atoms with Crippen molar-refractivity contribution < 1.29 is 0 Å². The van der Waals surface area contributed by atoms with Gasteiger partial charge in [-0.25, -0.2) is 9.97 Å². The Morgan fingerprint density at radius 1 is 1.23 bits per heavy atom. The molecule has 26 heavy (non-hydrogen) atoms. The summed E-state index contributed by atoms with van der Waals surface area (Å²) in [5.74, 6) is 0.838. The van der Waals surface area contributed by atoms with E-state index in [1.54, 1.807) is 0 Å². The fourth-order valence-electron chi connectivity index (χ4n) is 3.30. The zero-order valence-electron chi connectivity index (χ0n) is 14.8. The van der Waals surface area contributed by atoms with Crippen LogP contribution in [-0.2, 0) is 0 Å². The molecule has 0 aromatic carbocycles. The molecule has 6 nitrogen and oxygen atoms in total. The van der Waals surface area contributed by atoms with E-state index in [0.717, 1.165) is 49.3 Å². The van der Waals surface area contributed by atoms with E-state index in [9.17, 15) is 4.79 Å². The average Bonchev–Trinajstić information content (AvgIpc) is 3.13. The summed E-state index contributed by atoms with van der Waals surface area (Å²) in [6, 6.07) is 1.99. The highest BCUT2D eigenvalue weighted by Gasteiger charge is 2.18. The molecule has 0 amide bonds. The second-order valence-electron chi connectivity index (χ2n) is 6.49. The van der Waals surface area contributed by atoms with E-state index in [4.69, 9.17) is 5.73 Å². The van der Waals surface area contributed by atoms with Crippen molar-refractivity contribution in [2.75, 3.05) is 6.54 Å². The minimum Gasteiger partial charge on any atom is -0.330 e. The lowest BCUT2D eigenvalue weighted by molar-refractivity contribution is 0.712. The molecule has 1 atom stereocenters. The van der Waals surface area contributed by atoms with Gasteiger partial charge in [0.25, 0.3) is 5.56 Å². The standard InChI is InChI=1S/C19H19N5OS/c1-9(6-20)18-21-7-12(8-22-18)14-10(2)23-11(3)16-15(14)13-4-5-26-17(13)19(25)24-16/h4-5,7-9H,6,20H2,1-3H3,(H,24,25). The molecule has 0 aliphatic heterocycles. The highest BCUT2D eigenvalue weighted by molar-refractivity contribution is 7.17. The number of pyridine rings is 2. The molecule has 0 fully saturated rings. The van der Waals surface area contributed by atoms with Crippen molar-refractivity contribution in [3.63, 3.8) is 0 Å². The normalized spacial score (nSPS) is 12.8. The molecule has 0 spiro atoms. The van der Waals surface area contributed by atoms with E-state index in [2.05, 4.69) is 19.9 Å². The molecule has 132 valence electrons. The Morgan fingerprint density at radius 3 is 2.65 bits per heavy atom. The summed E-state index contributed by atoms with van der Waals surface area (Å²) in [6.07, 6.45) is 3.63. The fourth-order valence-corrected chi connectivity index (χ4v) is 4.10. The maximum atomic E-state index is 12.4. The summed E-state index contributed by atoms with van der Waals surface area (Å²) in [4.78, 5) is 29.0. The molecule has 4 heterocycles. The number of aryl methyl sites for hydroxylation is 2. The van der Waals surface area contributed by atoms with Gasteiger partial charge in [-0.1, -0.05) is 6.92 Å². The van der Waals surface area contributed by atoms with E-state index < -0.39 is 0 Å². The molecule has 0 aliphatic carbocycles. The third-order valence-corrected chi connectivity index (χ3v) is 5.61. The van der Waals surface area contributed by atoms with E-state index in [1.165, 1.54) is 11.3 Å². The monoisotopic (exact) mass is 365 g/mol. The molecule has 0 aliphatic rings. The van der Waals surface area contributed by atoms with Gasteiger partial charge in [0.1, 0.15) is 10.5 Å². The minimum atomic E-state index is -0.0782. The number of rotatable bonds is 3. The average molecular weight is 365 g/mol. The van der Waals surface area contributed by atoms with Gasteiger partial charge in [-0.15, -0.1) is 11.3 Å². The minimum absolute atomic E-state index is 0.0782. The summed E-state index contributed by atoms with van der Waals surface area (Å²) in [7, 11) is 0. The van der Waals surface area contributed by atoms with Crippen LogP contribution in [0.3, 0.4) is 0 Å². The van der Waals surface area contributed by atoms with Gasteiger partial charge in [-0.3, -0.25) is 9.78 Å². The first kappa shape index (κ1) is 16.8. The molecule has 0 radical (unpaired) electrons. The lowest BCUT2D eigenvalue weighted by atomic mass is 9.98. The van der Waals surface area contributed by atoms with Gasteiger partial charge in [0.2, 0.25) is 0 Å². The van der Waals surface area contributed by atoms with E-state index >= 15 is 0 Å². The summed E-state index contributed by atoms with van der Waals surface area (Å²) in [6.45, 7) is 6.39. The largest absolute Gasteiger partial charge is 0.330 e. The van der Waals surface area contributed by atoms with Crippen LogP contribution in [0.15, 0.2) is 28.6 Å². The number of hydrogen-bond donors (Lipinski definition) is 2. The van der Waals surface area contributed by atoms with Gasteiger partial charge >= 0.3 is 0 Å². The first-order valence-corrected chi connectivity index (χ1v) is 9.32. The Hall–Kier alpha value is -2.64. The van der Waals surface area contributed by atoms with Gasteiger partial charge in [-0.05, 0) is 25.3 Å². The Morgan fingerprint density at radius 2 is 1.96 bits per heavy atom. The van der Waals surface area contributed by atoms with Gasteiger partial charge in [0, 0.05) is 52.4 Å². The number of aromatic amines is 1. The van der Waals surface area contributed by atoms with Crippen LogP contribution in [-0.4, -0.2) is 26.5 Å². The molecule has 0 bridgehead atoms. The molecular weight excluding hydrogens is 346 g/mol. The zero-order chi connectivity index (χ0) is 18.4. The van der Waals surface area contributed by atoms with Gasteiger partial charge in [0.05, 0.1) is 11.2 Å². The highest BCUT2D eigenvalue weighted by Crippen LogP contribution is 2.36. The van der Waals surface area contributed by atoms with Crippen LogP contribution in [0.5, 0.6) is 0 Å². The van der Waals surface area contributed by atoms with Crippen LogP contribution in [0, 0.1) is 13.8 Å². The number of aromatic nitrogens is 4. The number of H-pyrrole nitrogens is 1. The fraction of sp³-hybridized carbons (Fsp3) is 0.263. The molecule has 0 saturated carbocycles. The third-order valence-electron chi connectivity index (χ3n) is 4.69. The number of thiophene rings is 1. The van der Waals surface area contributed by atoms with Crippen molar-refractivity contribution in [3.8, 4) is 11.1 Å². The maximum absolute atomic E-state index is 12.4. The maximum Gasteiger partial charge on any atom is 0.266 e. The molecule has 1 unspecified atom stereocenters. The first-order chi connectivity index (χ1) is 12.5. The first-order valence-electron chi connectivity index (χ1n) is 8.44. The van der Waals surface area contributed by atoms with E-state index in [-0.39, 0.29) is 11.5 Å². The molecular formula is C19H19N5OS. The van der Waals surface area contributed by atoms with Crippen molar-refractivity contribution in [2.45, 2.75) is 26.7 Å². The van der Waals surface area contributed by atoms with Crippen LogP contribution in [0.4, 0.5) is 0 Å². The second-order valence-corrected chi connectivity index (χ2v) is 7.41. The molecule has 3 N–H and O–H groups in total. The predicted molar refractivity (Wildman–Crippen MR) is 106 cm³/mol. The van der Waals surface area contributed by atoms with Crippen molar-refractivity contribution in [1.82, 2.24) is 19.9 Å². The Balaban J connectivity index is 2.06. The van der Waals surface area contributed by atoms with Crippen molar-refractivity contribution in [2.24, 2.45) is 5.73 Å². The number of nitrogens with zero attached hydrogens (tertiary/aromatic N) is 3. The van der Waals surface area contributed by atoms with Crippen LogP contribution in [0.25, 0.3) is 32.1 Å². The van der Waals surface area contributed by atoms with Crippen LogP contribution < -0.4 is 11.3 Å². The number of nitrogens with two attached hydrogens (primary N) is 1. The van der Waals surface area contributed by atoms with E-state index in [1.807, 2.05) is 44.6 Å². The molecule has 4 rings (SSSR count). The summed E-state index contributed by atoms with van der Waals surface area (Å²) in [5, 5.41) is 3.88. The lowest BCUT2D eigenvalue weighted by Crippen LogP contribution is -2.12. The van der Waals surface area contributed by atoms with Gasteiger partial charge in [0.15, 0.2) is 0 Å². The Labute approximate surface area is 154 Å². The lowest BCUT2D eigenvalue weighted by Gasteiger charge is -2.14. The van der Waals surface area contributed by atoms with Crippen molar-refractivity contribution in [3.05, 3.63) is 51.4 Å². The van der Waals surface area contributed by atoms with Gasteiger partial charge in [-0.2, -0.15) is 0 Å². The predicted octanol–water partition coefficient (Wildman–Crippen LogP) is 3.27. The number of fused-ring (bicyclic) bond motifs is 3. The van der Waals surface area contributed by atoms with Crippen LogP contribution in [0.2, 0.25) is 0 Å². The summed E-state index contributed by atoms with van der Waals surface area (Å²) >= 11 is 1.44.